The fourth-order valence-corrected chi connectivity index (χ4v) is 1.30. The van der Waals surface area contributed by atoms with E-state index in [-0.39, 0.29) is 0 Å². The summed E-state index contributed by atoms with van der Waals surface area (Å²) >= 11 is 0. The highest BCUT2D eigenvalue weighted by Gasteiger charge is 2.44. The lowest BCUT2D eigenvalue weighted by Gasteiger charge is -2.06. The van der Waals surface area contributed by atoms with Gasteiger partial charge in [-0.1, -0.05) is 12.1 Å². The molecule has 12 heavy (non-hydrogen) atoms. The van der Waals surface area contributed by atoms with Crippen LogP contribution in [0.25, 0.3) is 0 Å². The number of benzene rings is 1. The third-order valence-electron chi connectivity index (χ3n) is 2.28. The molecule has 2 heteroatoms. The number of hydrogen-bond donors (Lipinski definition) is 0. The van der Waals surface area contributed by atoms with Crippen molar-refractivity contribution in [3.8, 4) is 5.75 Å². The largest absolute Gasteiger partial charge is 0.497 e. The van der Waals surface area contributed by atoms with E-state index in [1.165, 1.54) is 0 Å². The lowest BCUT2D eigenvalue weighted by Crippen LogP contribution is -1.97. The summed E-state index contributed by atoms with van der Waals surface area (Å²) in [5.74, 6) is 0.733. The van der Waals surface area contributed by atoms with E-state index in [1.54, 1.807) is 13.2 Å². The maximum absolute atomic E-state index is 13.5. The fourth-order valence-electron chi connectivity index (χ4n) is 1.30. The molecule has 0 unspecified atom stereocenters. The van der Waals surface area contributed by atoms with Gasteiger partial charge in [0.1, 0.15) is 11.4 Å². The summed E-state index contributed by atoms with van der Waals surface area (Å²) in [5.41, 5.74) is -0.295. The Morgan fingerprint density at radius 3 is 2.75 bits per heavy atom. The Morgan fingerprint density at radius 1 is 1.42 bits per heavy atom. The quantitative estimate of drug-likeness (QED) is 0.656. The van der Waals surface area contributed by atoms with Gasteiger partial charge in [0, 0.05) is 0 Å². The van der Waals surface area contributed by atoms with Crippen molar-refractivity contribution < 1.29 is 9.13 Å². The van der Waals surface area contributed by atoms with Crippen LogP contribution in [0.1, 0.15) is 18.4 Å². The summed E-state index contributed by atoms with van der Waals surface area (Å²) in [6.45, 7) is 0. The molecule has 1 aliphatic rings. The monoisotopic (exact) mass is 166 g/mol. The van der Waals surface area contributed by atoms with Gasteiger partial charge in [-0.15, -0.1) is 0 Å². The molecule has 1 aliphatic carbocycles. The van der Waals surface area contributed by atoms with Gasteiger partial charge in [0.2, 0.25) is 0 Å². The van der Waals surface area contributed by atoms with Crippen molar-refractivity contribution in [2.45, 2.75) is 18.5 Å². The summed E-state index contributed by atoms with van der Waals surface area (Å²) in [5, 5.41) is 0. The van der Waals surface area contributed by atoms with Crippen LogP contribution in [0.3, 0.4) is 0 Å². The van der Waals surface area contributed by atoms with Gasteiger partial charge in [-0.25, -0.2) is 4.39 Å². The van der Waals surface area contributed by atoms with Crippen LogP contribution in [0.15, 0.2) is 24.3 Å². The van der Waals surface area contributed by atoms with Crippen LogP contribution in [0.5, 0.6) is 5.75 Å². The van der Waals surface area contributed by atoms with Crippen LogP contribution in [0.2, 0.25) is 0 Å². The number of hydrogen-bond acceptors (Lipinski definition) is 1. The van der Waals surface area contributed by atoms with Crippen LogP contribution in [-0.2, 0) is 5.67 Å². The van der Waals surface area contributed by atoms with E-state index < -0.39 is 5.67 Å². The van der Waals surface area contributed by atoms with Crippen LogP contribution in [-0.4, -0.2) is 7.11 Å². The maximum atomic E-state index is 13.5. The molecule has 0 N–H and O–H groups in total. The maximum Gasteiger partial charge on any atom is 0.136 e. The van der Waals surface area contributed by atoms with Crippen molar-refractivity contribution in [2.75, 3.05) is 7.11 Å². The van der Waals surface area contributed by atoms with E-state index in [0.29, 0.717) is 12.8 Å². The molecule has 0 aromatic heterocycles. The molecule has 0 spiro atoms. The summed E-state index contributed by atoms with van der Waals surface area (Å²) in [6.07, 6.45) is 1.31. The highest BCUT2D eigenvalue weighted by molar-refractivity contribution is 5.35. The van der Waals surface area contributed by atoms with E-state index in [0.717, 1.165) is 11.3 Å². The van der Waals surface area contributed by atoms with Crippen LogP contribution in [0.4, 0.5) is 4.39 Å². The van der Waals surface area contributed by atoms with Gasteiger partial charge in [0.15, 0.2) is 0 Å². The summed E-state index contributed by atoms with van der Waals surface area (Å²) in [7, 11) is 1.59. The number of methoxy groups -OCH3 is 1. The molecular formula is C10H11FO. The molecule has 0 saturated heterocycles. The zero-order valence-electron chi connectivity index (χ0n) is 7.01. The molecule has 0 radical (unpaired) electrons. The third-order valence-corrected chi connectivity index (χ3v) is 2.28. The third kappa shape index (κ3) is 1.17. The van der Waals surface area contributed by atoms with Gasteiger partial charge in [-0.3, -0.25) is 0 Å². The van der Waals surface area contributed by atoms with E-state index in [2.05, 4.69) is 0 Å². The number of alkyl halides is 1. The minimum absolute atomic E-state index is 0.653. The molecule has 0 atom stereocenters. The van der Waals surface area contributed by atoms with E-state index in [4.69, 9.17) is 4.74 Å². The molecule has 0 bridgehead atoms. The minimum Gasteiger partial charge on any atom is -0.497 e. The first-order valence-corrected chi connectivity index (χ1v) is 4.08. The van der Waals surface area contributed by atoms with Crippen molar-refractivity contribution in [2.24, 2.45) is 0 Å². The van der Waals surface area contributed by atoms with E-state index in [9.17, 15) is 4.39 Å². The Bertz CT molecular complexity index is 292. The summed E-state index contributed by atoms with van der Waals surface area (Å²) in [4.78, 5) is 0. The van der Waals surface area contributed by atoms with Crippen molar-refractivity contribution in [1.82, 2.24) is 0 Å². The molecule has 0 heterocycles. The van der Waals surface area contributed by atoms with Crippen LogP contribution in [0, 0.1) is 0 Å². The highest BCUT2D eigenvalue weighted by atomic mass is 19.1. The zero-order valence-corrected chi connectivity index (χ0v) is 7.01. The van der Waals surface area contributed by atoms with Crippen molar-refractivity contribution in [3.63, 3.8) is 0 Å². The van der Waals surface area contributed by atoms with Gasteiger partial charge in [0.25, 0.3) is 0 Å². The molecule has 0 amide bonds. The molecule has 1 nitrogen and oxygen atoms in total. The molecule has 1 aromatic rings. The average molecular weight is 166 g/mol. The molecule has 0 aliphatic heterocycles. The molecule has 2 rings (SSSR count). The molecule has 1 fully saturated rings. The second kappa shape index (κ2) is 2.47. The van der Waals surface area contributed by atoms with Crippen molar-refractivity contribution >= 4 is 0 Å². The fraction of sp³-hybridized carbons (Fsp3) is 0.400. The van der Waals surface area contributed by atoms with Crippen LogP contribution >= 0.6 is 0 Å². The van der Waals surface area contributed by atoms with Gasteiger partial charge < -0.3 is 4.74 Å². The molecule has 1 saturated carbocycles. The van der Waals surface area contributed by atoms with Gasteiger partial charge in [-0.05, 0) is 30.5 Å². The van der Waals surface area contributed by atoms with Crippen LogP contribution < -0.4 is 4.74 Å². The first-order chi connectivity index (χ1) is 5.74. The predicted molar refractivity (Wildman–Crippen MR) is 45.0 cm³/mol. The van der Waals surface area contributed by atoms with Gasteiger partial charge in [-0.2, -0.15) is 0 Å². The average Bonchev–Trinajstić information content (AvgIpc) is 2.85. The van der Waals surface area contributed by atoms with Gasteiger partial charge >= 0.3 is 0 Å². The van der Waals surface area contributed by atoms with E-state index >= 15 is 0 Å². The number of rotatable bonds is 2. The SMILES string of the molecule is COc1cccc(C2(F)CC2)c1. The molecular weight excluding hydrogens is 155 g/mol. The lowest BCUT2D eigenvalue weighted by atomic mass is 10.1. The molecule has 64 valence electrons. The number of halogens is 1. The Balaban J connectivity index is 2.32. The predicted octanol–water partition coefficient (Wildman–Crippen LogP) is 2.65. The lowest BCUT2D eigenvalue weighted by molar-refractivity contribution is 0.315. The Hall–Kier alpha value is -1.05. The number of ether oxygens (including phenoxy) is 1. The highest BCUT2D eigenvalue weighted by Crippen LogP contribution is 2.49. The standard InChI is InChI=1S/C10H11FO/c1-12-9-4-2-3-8(7-9)10(11)5-6-10/h2-4,7H,5-6H2,1H3. The molecule has 1 aromatic carbocycles. The van der Waals surface area contributed by atoms with E-state index in [1.807, 2.05) is 18.2 Å². The Morgan fingerprint density at radius 2 is 2.17 bits per heavy atom. The first kappa shape index (κ1) is 7.59. The zero-order chi connectivity index (χ0) is 8.60. The van der Waals surface area contributed by atoms with Crippen molar-refractivity contribution in [3.05, 3.63) is 29.8 Å². The summed E-state index contributed by atoms with van der Waals surface area (Å²) in [6, 6.07) is 7.24. The first-order valence-electron chi connectivity index (χ1n) is 4.08. The normalized spacial score (nSPS) is 18.8. The minimum atomic E-state index is -1.05. The Kier molecular flexibility index (Phi) is 1.56. The Labute approximate surface area is 71.2 Å². The second-order valence-electron chi connectivity index (χ2n) is 3.20. The van der Waals surface area contributed by atoms with Crippen molar-refractivity contribution in [1.29, 1.82) is 0 Å². The smallest absolute Gasteiger partial charge is 0.136 e. The van der Waals surface area contributed by atoms with Gasteiger partial charge in [0.05, 0.1) is 7.11 Å². The second-order valence-corrected chi connectivity index (χ2v) is 3.20. The summed E-state index contributed by atoms with van der Waals surface area (Å²) < 4.78 is 18.5. The topological polar surface area (TPSA) is 9.23 Å².